The second kappa shape index (κ2) is 7.77. The van der Waals surface area contributed by atoms with Gasteiger partial charge in [-0.1, -0.05) is 6.92 Å². The van der Waals surface area contributed by atoms with Gasteiger partial charge in [-0.15, -0.1) is 11.3 Å². The molecule has 4 heterocycles. The second-order valence-corrected chi connectivity index (χ2v) is 8.34. The molecule has 2 aromatic heterocycles. The number of amides is 2. The van der Waals surface area contributed by atoms with Crippen LogP contribution in [-0.4, -0.2) is 51.5 Å². The Balaban J connectivity index is 1.32. The average Bonchev–Trinajstić information content (AvgIpc) is 3.36. The topological polar surface area (TPSA) is 94.2 Å². The monoisotopic (exact) mass is 388 g/mol. The van der Waals surface area contributed by atoms with E-state index in [9.17, 15) is 9.59 Å². The predicted molar refractivity (Wildman–Crippen MR) is 103 cm³/mol. The molecule has 0 aliphatic carbocycles. The first kappa shape index (κ1) is 18.1. The van der Waals surface area contributed by atoms with Gasteiger partial charge in [-0.05, 0) is 25.3 Å². The van der Waals surface area contributed by atoms with Crippen LogP contribution in [0.25, 0.3) is 0 Å². The number of likely N-dealkylation sites (tertiary alicyclic amines) is 1. The van der Waals surface area contributed by atoms with Crippen LogP contribution in [-0.2, 0) is 16.1 Å². The van der Waals surface area contributed by atoms with Gasteiger partial charge in [0.05, 0.1) is 23.5 Å². The fourth-order valence-corrected chi connectivity index (χ4v) is 4.53. The predicted octanol–water partition coefficient (Wildman–Crippen LogP) is 2.09. The molecule has 0 aromatic carbocycles. The highest BCUT2D eigenvalue weighted by atomic mass is 32.1. The molecule has 2 aliphatic heterocycles. The summed E-state index contributed by atoms with van der Waals surface area (Å²) in [7, 11) is 0. The van der Waals surface area contributed by atoms with E-state index in [4.69, 9.17) is 0 Å². The molecular weight excluding hydrogens is 364 g/mol. The molecule has 2 aliphatic rings. The fourth-order valence-electron chi connectivity index (χ4n) is 3.83. The summed E-state index contributed by atoms with van der Waals surface area (Å²) in [6.45, 7) is 5.69. The molecule has 2 saturated heterocycles. The van der Waals surface area contributed by atoms with Crippen molar-refractivity contribution < 1.29 is 9.59 Å². The van der Waals surface area contributed by atoms with Gasteiger partial charge < -0.3 is 10.2 Å². The van der Waals surface area contributed by atoms with E-state index < -0.39 is 0 Å². The molecule has 27 heavy (non-hydrogen) atoms. The Kier molecular flexibility index (Phi) is 5.22. The highest BCUT2D eigenvalue weighted by Crippen LogP contribution is 2.26. The zero-order chi connectivity index (χ0) is 18.8. The molecule has 144 valence electrons. The number of anilines is 2. The summed E-state index contributed by atoms with van der Waals surface area (Å²) in [5.41, 5.74) is 1.69. The van der Waals surface area contributed by atoms with Crippen molar-refractivity contribution in [3.05, 3.63) is 23.5 Å². The van der Waals surface area contributed by atoms with Crippen molar-refractivity contribution in [2.24, 2.45) is 11.8 Å². The summed E-state index contributed by atoms with van der Waals surface area (Å²) in [6, 6.07) is 0. The van der Waals surface area contributed by atoms with Gasteiger partial charge in [0.2, 0.25) is 11.8 Å². The molecule has 2 atom stereocenters. The zero-order valence-electron chi connectivity index (χ0n) is 15.4. The number of H-pyrrole nitrogens is 1. The lowest BCUT2D eigenvalue weighted by atomic mass is 10.0. The van der Waals surface area contributed by atoms with Crippen molar-refractivity contribution in [3.63, 3.8) is 0 Å². The zero-order valence-corrected chi connectivity index (χ0v) is 16.2. The lowest BCUT2D eigenvalue weighted by Gasteiger charge is -2.30. The minimum Gasteiger partial charge on any atom is -0.309 e. The van der Waals surface area contributed by atoms with Crippen molar-refractivity contribution in [1.82, 2.24) is 20.1 Å². The van der Waals surface area contributed by atoms with Gasteiger partial charge in [0.25, 0.3) is 0 Å². The molecule has 2 aromatic rings. The van der Waals surface area contributed by atoms with Gasteiger partial charge in [-0.2, -0.15) is 5.10 Å². The maximum absolute atomic E-state index is 12.6. The minimum absolute atomic E-state index is 0.0596. The largest absolute Gasteiger partial charge is 0.309 e. The minimum atomic E-state index is -0.373. The number of nitrogens with zero attached hydrogens (tertiary/aromatic N) is 4. The number of carbonyl (C=O) groups excluding carboxylic acids is 2. The van der Waals surface area contributed by atoms with Crippen LogP contribution < -0.4 is 10.2 Å². The quantitative estimate of drug-likeness (QED) is 0.818. The molecule has 0 saturated carbocycles. The van der Waals surface area contributed by atoms with Crippen LogP contribution in [0.5, 0.6) is 0 Å². The first-order valence-corrected chi connectivity index (χ1v) is 10.2. The van der Waals surface area contributed by atoms with E-state index in [0.29, 0.717) is 17.4 Å². The molecule has 0 radical (unpaired) electrons. The van der Waals surface area contributed by atoms with E-state index in [1.165, 1.54) is 24.2 Å². The van der Waals surface area contributed by atoms with E-state index in [1.807, 2.05) is 5.38 Å². The first-order valence-electron chi connectivity index (χ1n) is 9.35. The smallest absolute Gasteiger partial charge is 0.231 e. The van der Waals surface area contributed by atoms with Gasteiger partial charge in [0.15, 0.2) is 5.13 Å². The normalized spacial score (nSPS) is 23.7. The Hall–Kier alpha value is -2.26. The number of rotatable bonds is 5. The van der Waals surface area contributed by atoms with Crippen molar-refractivity contribution in [3.8, 4) is 0 Å². The molecule has 2 N–H and O–H groups in total. The summed E-state index contributed by atoms with van der Waals surface area (Å²) in [6.07, 6.45) is 5.99. The van der Waals surface area contributed by atoms with Crippen molar-refractivity contribution in [2.75, 3.05) is 29.9 Å². The standard InChI is InChI=1S/C18H24N6O2S/c1-12-3-2-4-23(8-12)10-14-11-27-18(21-14)22-17(26)13-5-16(25)24(9-13)15-6-19-20-7-15/h6-7,11-13H,2-5,8-10H2,1H3,(H,19,20)(H,21,22,26)/t12-,13-/m1/s1. The molecule has 9 heteroatoms. The van der Waals surface area contributed by atoms with Crippen LogP contribution in [0.15, 0.2) is 17.8 Å². The SMILES string of the molecule is C[C@@H]1CCCN(Cc2csc(NC(=O)[C@@H]3CC(=O)N(c4cn[nH]c4)C3)n2)C1. The van der Waals surface area contributed by atoms with E-state index in [1.54, 1.807) is 17.3 Å². The third-order valence-corrected chi connectivity index (χ3v) is 6.01. The number of aromatic amines is 1. The van der Waals surface area contributed by atoms with Gasteiger partial charge >= 0.3 is 0 Å². The Morgan fingerprint density at radius 1 is 1.44 bits per heavy atom. The summed E-state index contributed by atoms with van der Waals surface area (Å²) < 4.78 is 0. The maximum atomic E-state index is 12.6. The third kappa shape index (κ3) is 4.19. The molecule has 0 bridgehead atoms. The number of hydrogen-bond donors (Lipinski definition) is 2. The summed E-state index contributed by atoms with van der Waals surface area (Å²) in [5.74, 6) is 0.148. The van der Waals surface area contributed by atoms with Crippen LogP contribution in [0, 0.1) is 11.8 Å². The fraction of sp³-hybridized carbons (Fsp3) is 0.556. The Bertz CT molecular complexity index is 805. The lowest BCUT2D eigenvalue weighted by molar-refractivity contribution is -0.122. The molecule has 2 fully saturated rings. The van der Waals surface area contributed by atoms with Crippen molar-refractivity contribution in [1.29, 1.82) is 0 Å². The number of carbonyl (C=O) groups is 2. The number of hydrogen-bond acceptors (Lipinski definition) is 6. The molecular formula is C18H24N6O2S. The second-order valence-electron chi connectivity index (χ2n) is 7.48. The number of aromatic nitrogens is 3. The van der Waals surface area contributed by atoms with Gasteiger partial charge in [-0.25, -0.2) is 4.98 Å². The summed E-state index contributed by atoms with van der Waals surface area (Å²) >= 11 is 1.44. The molecule has 2 amide bonds. The molecule has 8 nitrogen and oxygen atoms in total. The average molecular weight is 388 g/mol. The van der Waals surface area contributed by atoms with Gasteiger partial charge in [0.1, 0.15) is 0 Å². The van der Waals surface area contributed by atoms with E-state index in [2.05, 4.69) is 32.3 Å². The summed E-state index contributed by atoms with van der Waals surface area (Å²) in [5, 5.41) is 12.1. The van der Waals surface area contributed by atoms with E-state index >= 15 is 0 Å². The third-order valence-electron chi connectivity index (χ3n) is 5.20. The van der Waals surface area contributed by atoms with Crippen LogP contribution in [0.3, 0.4) is 0 Å². The Morgan fingerprint density at radius 3 is 3.11 bits per heavy atom. The van der Waals surface area contributed by atoms with Gasteiger partial charge in [-0.3, -0.25) is 19.6 Å². The molecule has 4 rings (SSSR count). The number of nitrogens with one attached hydrogen (secondary N) is 2. The van der Waals surface area contributed by atoms with Crippen molar-refractivity contribution in [2.45, 2.75) is 32.7 Å². The van der Waals surface area contributed by atoms with Crippen molar-refractivity contribution >= 4 is 34.0 Å². The number of thiazole rings is 1. The first-order chi connectivity index (χ1) is 13.1. The molecule has 0 unspecified atom stereocenters. The lowest BCUT2D eigenvalue weighted by Crippen LogP contribution is -2.33. The van der Waals surface area contributed by atoms with Crippen LogP contribution in [0.4, 0.5) is 10.8 Å². The maximum Gasteiger partial charge on any atom is 0.231 e. The van der Waals surface area contributed by atoms with Crippen LogP contribution in [0.1, 0.15) is 31.9 Å². The Labute approximate surface area is 162 Å². The van der Waals surface area contributed by atoms with Gasteiger partial charge in [0, 0.05) is 37.6 Å². The van der Waals surface area contributed by atoms with Crippen LogP contribution in [0.2, 0.25) is 0 Å². The summed E-state index contributed by atoms with van der Waals surface area (Å²) in [4.78, 5) is 33.3. The number of piperidine rings is 1. The highest BCUT2D eigenvalue weighted by molar-refractivity contribution is 7.13. The van der Waals surface area contributed by atoms with E-state index in [0.717, 1.165) is 31.2 Å². The molecule has 0 spiro atoms. The van der Waals surface area contributed by atoms with E-state index in [-0.39, 0.29) is 24.2 Å². The highest BCUT2D eigenvalue weighted by Gasteiger charge is 2.35. The van der Waals surface area contributed by atoms with Crippen LogP contribution >= 0.6 is 11.3 Å². The Morgan fingerprint density at radius 2 is 2.33 bits per heavy atom.